The van der Waals surface area contributed by atoms with E-state index in [1.54, 1.807) is 14.2 Å². The summed E-state index contributed by atoms with van der Waals surface area (Å²) in [6.07, 6.45) is 3.57. The summed E-state index contributed by atoms with van der Waals surface area (Å²) < 4.78 is 21.8. The van der Waals surface area contributed by atoms with Gasteiger partial charge in [0.05, 0.1) is 20.8 Å². The molecule has 0 unspecified atom stereocenters. The second-order valence-electron chi connectivity index (χ2n) is 8.04. The van der Waals surface area contributed by atoms with E-state index in [1.165, 1.54) is 24.0 Å². The fourth-order valence-corrected chi connectivity index (χ4v) is 3.77. The maximum absolute atomic E-state index is 5.59. The number of rotatable bonds is 11. The minimum Gasteiger partial charge on any atom is -0.493 e. The Morgan fingerprint density at radius 3 is 2.45 bits per heavy atom. The topological polar surface area (TPSA) is 53.5 Å². The van der Waals surface area contributed by atoms with Crippen LogP contribution in [-0.2, 0) is 6.54 Å². The average molecular weight is 401 g/mol. The Morgan fingerprint density at radius 2 is 1.69 bits per heavy atom. The third-order valence-corrected chi connectivity index (χ3v) is 5.51. The first-order valence-corrected chi connectivity index (χ1v) is 10.5. The Morgan fingerprint density at radius 1 is 0.897 bits per heavy atom. The monoisotopic (exact) mass is 400 g/mol. The Bertz CT molecular complexity index is 790. The number of hydrogen-bond donors (Lipinski definition) is 1. The van der Waals surface area contributed by atoms with Crippen molar-refractivity contribution in [2.45, 2.75) is 45.6 Å². The van der Waals surface area contributed by atoms with Crippen molar-refractivity contribution in [3.63, 3.8) is 0 Å². The van der Waals surface area contributed by atoms with Gasteiger partial charge in [-0.25, -0.2) is 0 Å². The van der Waals surface area contributed by atoms with Gasteiger partial charge < -0.3 is 24.3 Å². The van der Waals surface area contributed by atoms with Gasteiger partial charge in [0.25, 0.3) is 0 Å². The summed E-state index contributed by atoms with van der Waals surface area (Å²) in [5.41, 5.74) is 2.60. The van der Waals surface area contributed by atoms with Gasteiger partial charge in [0, 0.05) is 12.0 Å². The van der Waals surface area contributed by atoms with Gasteiger partial charge >= 0.3 is 0 Å². The Labute approximate surface area is 174 Å². The molecule has 158 valence electrons. The minimum absolute atomic E-state index is 0.328. The van der Waals surface area contributed by atoms with Crippen LogP contribution in [0, 0.1) is 5.92 Å². The van der Waals surface area contributed by atoms with E-state index in [-0.39, 0.29) is 0 Å². The molecular formula is C24H34NO4+. The van der Waals surface area contributed by atoms with E-state index in [2.05, 4.69) is 43.4 Å². The van der Waals surface area contributed by atoms with Gasteiger partial charge in [-0.15, -0.1) is 0 Å². The van der Waals surface area contributed by atoms with Gasteiger partial charge in [0.15, 0.2) is 23.0 Å². The molecular weight excluding hydrogens is 366 g/mol. The van der Waals surface area contributed by atoms with Crippen molar-refractivity contribution < 1.29 is 24.3 Å². The lowest BCUT2D eigenvalue weighted by atomic mass is 9.88. The highest BCUT2D eigenvalue weighted by atomic mass is 16.7. The van der Waals surface area contributed by atoms with Crippen LogP contribution in [0.4, 0.5) is 0 Å². The summed E-state index contributed by atoms with van der Waals surface area (Å²) in [4.78, 5) is 0. The lowest BCUT2D eigenvalue weighted by Crippen LogP contribution is -2.82. The zero-order chi connectivity index (χ0) is 20.6. The van der Waals surface area contributed by atoms with E-state index >= 15 is 0 Å². The van der Waals surface area contributed by atoms with Gasteiger partial charge in [0.1, 0.15) is 6.54 Å². The molecule has 0 saturated carbocycles. The zero-order valence-electron chi connectivity index (χ0n) is 18.1. The number of fused-ring (bicyclic) bond motifs is 1. The van der Waals surface area contributed by atoms with Crippen LogP contribution in [0.25, 0.3) is 0 Å². The largest absolute Gasteiger partial charge is 0.493 e. The van der Waals surface area contributed by atoms with Gasteiger partial charge in [-0.2, -0.15) is 0 Å². The smallest absolute Gasteiger partial charge is 0.231 e. The van der Waals surface area contributed by atoms with Gasteiger partial charge in [-0.05, 0) is 54.2 Å². The van der Waals surface area contributed by atoms with Crippen molar-refractivity contribution in [3.8, 4) is 23.0 Å². The number of hydrogen-bond acceptors (Lipinski definition) is 4. The normalized spacial score (nSPS) is 13.6. The van der Waals surface area contributed by atoms with Crippen molar-refractivity contribution >= 4 is 0 Å². The standard InChI is InChI=1S/C24H33NO4/c1-17(2)5-7-19(20-8-10-22-24(14-20)29-16-28-22)11-12-25-15-18-6-9-21(26-3)23(13-18)27-4/h6,8-10,13-14,17,19,25H,5,7,11-12,15-16H2,1-4H3/p+1/t19-/m0/s1. The molecule has 1 aliphatic heterocycles. The molecule has 5 nitrogen and oxygen atoms in total. The van der Waals surface area contributed by atoms with E-state index in [4.69, 9.17) is 18.9 Å². The Hall–Kier alpha value is -2.40. The SMILES string of the molecule is COc1ccc(C[NH2+]CC[C@H](CCC(C)C)c2ccc3c(c2)OCO3)cc1OC. The molecule has 0 fully saturated rings. The van der Waals surface area contributed by atoms with Gasteiger partial charge in [-0.1, -0.05) is 26.3 Å². The van der Waals surface area contributed by atoms with Crippen LogP contribution in [-0.4, -0.2) is 27.6 Å². The summed E-state index contributed by atoms with van der Waals surface area (Å²) in [7, 11) is 3.34. The van der Waals surface area contributed by atoms with Crippen molar-refractivity contribution in [1.29, 1.82) is 0 Å². The molecule has 2 N–H and O–H groups in total. The van der Waals surface area contributed by atoms with E-state index < -0.39 is 0 Å². The third-order valence-electron chi connectivity index (χ3n) is 5.51. The van der Waals surface area contributed by atoms with Crippen LogP contribution in [0.1, 0.15) is 50.2 Å². The van der Waals surface area contributed by atoms with Gasteiger partial charge in [0.2, 0.25) is 6.79 Å². The van der Waals surface area contributed by atoms with Crippen LogP contribution >= 0.6 is 0 Å². The third kappa shape index (κ3) is 5.80. The van der Waals surface area contributed by atoms with Crippen LogP contribution in [0.2, 0.25) is 0 Å². The van der Waals surface area contributed by atoms with E-state index in [0.29, 0.717) is 18.6 Å². The number of methoxy groups -OCH3 is 2. The highest BCUT2D eigenvalue weighted by molar-refractivity contribution is 5.45. The molecule has 3 rings (SSSR count). The lowest BCUT2D eigenvalue weighted by molar-refractivity contribution is -0.671. The molecule has 0 amide bonds. The maximum atomic E-state index is 5.59. The van der Waals surface area contributed by atoms with Crippen LogP contribution < -0.4 is 24.3 Å². The number of ether oxygens (including phenoxy) is 4. The molecule has 29 heavy (non-hydrogen) atoms. The molecule has 0 bridgehead atoms. The fourth-order valence-electron chi connectivity index (χ4n) is 3.77. The van der Waals surface area contributed by atoms with Crippen molar-refractivity contribution in [3.05, 3.63) is 47.5 Å². The Balaban J connectivity index is 1.57. The first kappa shape index (κ1) is 21.3. The quantitative estimate of drug-likeness (QED) is 0.577. The maximum Gasteiger partial charge on any atom is 0.231 e. The first-order valence-electron chi connectivity index (χ1n) is 10.5. The molecule has 1 aliphatic rings. The average Bonchev–Trinajstić information content (AvgIpc) is 3.20. The Kier molecular flexibility index (Phi) is 7.64. The molecule has 1 atom stereocenters. The summed E-state index contributed by atoms with van der Waals surface area (Å²) in [5, 5.41) is 2.37. The van der Waals surface area contributed by atoms with E-state index in [9.17, 15) is 0 Å². The van der Waals surface area contributed by atoms with Crippen molar-refractivity contribution in [2.75, 3.05) is 27.6 Å². The number of benzene rings is 2. The lowest BCUT2D eigenvalue weighted by Gasteiger charge is -2.18. The predicted molar refractivity (Wildman–Crippen MR) is 114 cm³/mol. The second-order valence-corrected chi connectivity index (χ2v) is 8.04. The minimum atomic E-state index is 0.328. The number of quaternary nitrogens is 1. The van der Waals surface area contributed by atoms with E-state index in [0.717, 1.165) is 42.5 Å². The summed E-state index contributed by atoms with van der Waals surface area (Å²) in [6, 6.07) is 12.6. The van der Waals surface area contributed by atoms with Crippen LogP contribution in [0.3, 0.4) is 0 Å². The molecule has 0 aromatic heterocycles. The summed E-state index contributed by atoms with van der Waals surface area (Å²) in [5.74, 6) is 4.54. The molecule has 0 aliphatic carbocycles. The first-order chi connectivity index (χ1) is 14.1. The fraction of sp³-hybridized carbons (Fsp3) is 0.500. The molecule has 0 spiro atoms. The second kappa shape index (κ2) is 10.4. The number of nitrogens with two attached hydrogens (primary N) is 1. The molecule has 2 aromatic carbocycles. The highest BCUT2D eigenvalue weighted by Gasteiger charge is 2.19. The molecule has 0 saturated heterocycles. The molecule has 5 heteroatoms. The molecule has 2 aromatic rings. The van der Waals surface area contributed by atoms with Crippen LogP contribution in [0.15, 0.2) is 36.4 Å². The summed E-state index contributed by atoms with van der Waals surface area (Å²) in [6.45, 7) is 6.91. The molecule has 1 heterocycles. The van der Waals surface area contributed by atoms with E-state index in [1.807, 2.05) is 12.1 Å². The van der Waals surface area contributed by atoms with Gasteiger partial charge in [-0.3, -0.25) is 0 Å². The predicted octanol–water partition coefficient (Wildman–Crippen LogP) is 4.11. The summed E-state index contributed by atoms with van der Waals surface area (Å²) >= 11 is 0. The molecule has 0 radical (unpaired) electrons. The van der Waals surface area contributed by atoms with Crippen molar-refractivity contribution in [2.24, 2.45) is 5.92 Å². The van der Waals surface area contributed by atoms with Crippen LogP contribution in [0.5, 0.6) is 23.0 Å². The van der Waals surface area contributed by atoms with Crippen molar-refractivity contribution in [1.82, 2.24) is 0 Å². The zero-order valence-corrected chi connectivity index (χ0v) is 18.1. The highest BCUT2D eigenvalue weighted by Crippen LogP contribution is 2.37.